The van der Waals surface area contributed by atoms with Gasteiger partial charge in [0.15, 0.2) is 29.5 Å². The molecule has 14 heteroatoms. The molecular formula is C41H38O14. The van der Waals surface area contributed by atoms with E-state index in [-0.39, 0.29) is 52.8 Å². The van der Waals surface area contributed by atoms with Crippen LogP contribution in [0.3, 0.4) is 0 Å². The molecule has 0 aliphatic carbocycles. The maximum atomic E-state index is 14.4. The Morgan fingerprint density at radius 1 is 0.691 bits per heavy atom. The van der Waals surface area contributed by atoms with E-state index < -0.39 is 65.5 Å². The first-order chi connectivity index (χ1) is 26.4. The number of carbonyl (C=O) groups is 3. The Labute approximate surface area is 314 Å². The van der Waals surface area contributed by atoms with Crippen molar-refractivity contribution >= 4 is 28.9 Å². The van der Waals surface area contributed by atoms with Gasteiger partial charge in [0.2, 0.25) is 23.6 Å². The second-order valence-electron chi connectivity index (χ2n) is 12.7. The lowest BCUT2D eigenvalue weighted by molar-refractivity contribution is -0.280. The Balaban J connectivity index is 1.45. The minimum atomic E-state index is -1.66. The van der Waals surface area contributed by atoms with Crippen molar-refractivity contribution < 1.29 is 62.2 Å². The molecule has 0 spiro atoms. The predicted molar refractivity (Wildman–Crippen MR) is 194 cm³/mol. The topological polar surface area (TPSA) is 186 Å². The lowest BCUT2D eigenvalue weighted by Crippen LogP contribution is -2.62. The zero-order valence-electron chi connectivity index (χ0n) is 30.3. The summed E-state index contributed by atoms with van der Waals surface area (Å²) in [5.41, 5.74) is 0.873. The fraction of sp³-hybridized carbons (Fsp3) is 0.268. The van der Waals surface area contributed by atoms with Gasteiger partial charge < -0.3 is 47.8 Å². The summed E-state index contributed by atoms with van der Waals surface area (Å²) in [7, 11) is 0. The maximum Gasteiger partial charge on any atom is 0.303 e. The molecule has 14 nitrogen and oxygen atoms in total. The van der Waals surface area contributed by atoms with Crippen LogP contribution in [-0.2, 0) is 46.5 Å². The van der Waals surface area contributed by atoms with Crippen molar-refractivity contribution in [2.24, 2.45) is 0 Å². The van der Waals surface area contributed by atoms with Crippen LogP contribution in [0.1, 0.15) is 38.8 Å². The smallest absolute Gasteiger partial charge is 0.303 e. The zero-order valence-corrected chi connectivity index (χ0v) is 30.3. The largest absolute Gasteiger partial charge is 0.507 e. The molecule has 0 bridgehead atoms. The number of esters is 3. The fourth-order valence-corrected chi connectivity index (χ4v) is 6.08. The lowest BCUT2D eigenvalue weighted by Gasteiger charge is -2.43. The van der Waals surface area contributed by atoms with E-state index in [2.05, 4.69) is 0 Å². The molecule has 1 fully saturated rings. The highest BCUT2D eigenvalue weighted by molar-refractivity contribution is 5.88. The summed E-state index contributed by atoms with van der Waals surface area (Å²) in [5, 5.41) is 21.9. The number of ether oxygens (including phenoxy) is 7. The Bertz CT molecular complexity index is 2230. The summed E-state index contributed by atoms with van der Waals surface area (Å²) in [6, 6.07) is 25.5. The van der Waals surface area contributed by atoms with E-state index in [1.165, 1.54) is 37.3 Å². The van der Waals surface area contributed by atoms with Crippen molar-refractivity contribution in [1.82, 2.24) is 0 Å². The molecule has 5 atom stereocenters. The number of carbonyl (C=O) groups excluding carboxylic acids is 3. The van der Waals surface area contributed by atoms with Crippen LogP contribution in [0, 0.1) is 0 Å². The molecule has 4 aromatic carbocycles. The van der Waals surface area contributed by atoms with E-state index in [0.717, 1.165) is 31.9 Å². The van der Waals surface area contributed by atoms with Crippen LogP contribution >= 0.6 is 0 Å². The van der Waals surface area contributed by atoms with Crippen molar-refractivity contribution in [3.8, 4) is 40.1 Å². The number of rotatable bonds is 12. The molecule has 55 heavy (non-hydrogen) atoms. The normalized spacial score (nSPS) is 19.2. The lowest BCUT2D eigenvalue weighted by atomic mass is 9.98. The molecule has 6 rings (SSSR count). The number of phenolic OH excluding ortho intramolecular Hbond substituents is 2. The SMILES string of the molecule is CC(=O)O[C@@H]1[C@@H](OC(C)=O)[C@H](C)O[C@@H](Oc2c(-c3ccc(OCc4ccccc4)c(O)c3)oc3cc(OCc4ccccc4)cc(O)c3c2=O)[C@@H]1OC(C)=O. The van der Waals surface area contributed by atoms with Crippen LogP contribution in [0.2, 0.25) is 0 Å². The fourth-order valence-electron chi connectivity index (χ4n) is 6.08. The van der Waals surface area contributed by atoms with Gasteiger partial charge in [-0.15, -0.1) is 0 Å². The molecule has 1 aliphatic rings. The third-order valence-electron chi connectivity index (χ3n) is 8.48. The average Bonchev–Trinajstić information content (AvgIpc) is 3.14. The van der Waals surface area contributed by atoms with Gasteiger partial charge in [-0.3, -0.25) is 19.2 Å². The third-order valence-corrected chi connectivity index (χ3v) is 8.48. The Kier molecular flexibility index (Phi) is 11.6. The van der Waals surface area contributed by atoms with Crippen molar-refractivity contribution in [2.45, 2.75) is 71.6 Å². The van der Waals surface area contributed by atoms with Gasteiger partial charge in [-0.25, -0.2) is 0 Å². The number of fused-ring (bicyclic) bond motifs is 1. The molecule has 0 saturated carbocycles. The van der Waals surface area contributed by atoms with Crippen LogP contribution in [0.4, 0.5) is 0 Å². The molecule has 2 N–H and O–H groups in total. The quantitative estimate of drug-likeness (QED) is 0.112. The first-order valence-corrected chi connectivity index (χ1v) is 17.2. The van der Waals surface area contributed by atoms with Crippen LogP contribution < -0.4 is 19.6 Å². The molecule has 286 valence electrons. The highest BCUT2D eigenvalue weighted by Crippen LogP contribution is 2.41. The van der Waals surface area contributed by atoms with Crippen LogP contribution in [0.25, 0.3) is 22.3 Å². The van der Waals surface area contributed by atoms with Crippen molar-refractivity contribution in [2.75, 3.05) is 0 Å². The van der Waals surface area contributed by atoms with E-state index in [1.807, 2.05) is 60.7 Å². The van der Waals surface area contributed by atoms with Gasteiger partial charge in [-0.05, 0) is 36.2 Å². The van der Waals surface area contributed by atoms with Gasteiger partial charge >= 0.3 is 17.9 Å². The first kappa shape index (κ1) is 38.2. The molecule has 2 heterocycles. The second-order valence-corrected chi connectivity index (χ2v) is 12.7. The van der Waals surface area contributed by atoms with E-state index in [0.29, 0.717) is 0 Å². The Morgan fingerprint density at radius 2 is 1.27 bits per heavy atom. The summed E-state index contributed by atoms with van der Waals surface area (Å²) < 4.78 is 46.6. The van der Waals surface area contributed by atoms with E-state index in [4.69, 9.17) is 37.6 Å². The molecule has 5 aromatic rings. The van der Waals surface area contributed by atoms with Crippen molar-refractivity contribution in [3.05, 3.63) is 112 Å². The summed E-state index contributed by atoms with van der Waals surface area (Å²) in [6.07, 6.45) is -6.93. The van der Waals surface area contributed by atoms with E-state index in [1.54, 1.807) is 0 Å². The molecular weight excluding hydrogens is 716 g/mol. The minimum absolute atomic E-state index is 0.0958. The third kappa shape index (κ3) is 8.99. The first-order valence-electron chi connectivity index (χ1n) is 17.2. The van der Waals surface area contributed by atoms with Crippen LogP contribution in [0.15, 0.2) is 100 Å². The summed E-state index contributed by atoms with van der Waals surface area (Å²) in [6.45, 7) is 5.16. The summed E-state index contributed by atoms with van der Waals surface area (Å²) in [5.74, 6) is -3.60. The van der Waals surface area contributed by atoms with E-state index >= 15 is 0 Å². The summed E-state index contributed by atoms with van der Waals surface area (Å²) in [4.78, 5) is 51.0. The van der Waals surface area contributed by atoms with Crippen LogP contribution in [0.5, 0.6) is 28.7 Å². The molecule has 0 amide bonds. The minimum Gasteiger partial charge on any atom is -0.507 e. The zero-order chi connectivity index (χ0) is 39.2. The molecule has 1 aliphatic heterocycles. The maximum absolute atomic E-state index is 14.4. The van der Waals surface area contributed by atoms with Gasteiger partial charge in [0, 0.05) is 38.5 Å². The number of aromatic hydroxyl groups is 2. The molecule has 0 unspecified atom stereocenters. The van der Waals surface area contributed by atoms with Crippen molar-refractivity contribution in [3.63, 3.8) is 0 Å². The van der Waals surface area contributed by atoms with Crippen molar-refractivity contribution in [1.29, 1.82) is 0 Å². The van der Waals surface area contributed by atoms with Crippen LogP contribution in [-0.4, -0.2) is 58.8 Å². The Hall–Kier alpha value is -6.54. The van der Waals surface area contributed by atoms with E-state index in [9.17, 15) is 29.4 Å². The van der Waals surface area contributed by atoms with Gasteiger partial charge in [0.1, 0.15) is 35.7 Å². The molecule has 1 aromatic heterocycles. The Morgan fingerprint density at radius 3 is 1.87 bits per heavy atom. The summed E-state index contributed by atoms with van der Waals surface area (Å²) >= 11 is 0. The average molecular weight is 755 g/mol. The second kappa shape index (κ2) is 16.6. The molecule has 1 saturated heterocycles. The number of phenols is 2. The van der Waals surface area contributed by atoms with Gasteiger partial charge in [-0.2, -0.15) is 0 Å². The monoisotopic (exact) mass is 754 g/mol. The number of hydrogen-bond donors (Lipinski definition) is 2. The highest BCUT2D eigenvalue weighted by Gasteiger charge is 2.52. The predicted octanol–water partition coefficient (Wildman–Crippen LogP) is 5.95. The van der Waals surface area contributed by atoms with Gasteiger partial charge in [0.05, 0.1) is 6.10 Å². The van der Waals surface area contributed by atoms with Gasteiger partial charge in [0.25, 0.3) is 0 Å². The number of hydrogen-bond acceptors (Lipinski definition) is 14. The highest BCUT2D eigenvalue weighted by atomic mass is 16.7. The molecule has 0 radical (unpaired) electrons. The van der Waals surface area contributed by atoms with Gasteiger partial charge in [-0.1, -0.05) is 60.7 Å². The standard InChI is InChI=1S/C41H38O14/c1-22-36(51-23(2)42)39(52-24(3)43)40(53-25(4)44)41(50-22)55-38-35(47)34-31(46)18-29(48-20-26-11-7-5-8-12-26)19-33(34)54-37(38)28-15-16-32(30(45)17-28)49-21-27-13-9-6-10-14-27/h5-19,22,36,39-41,45-46H,20-21H2,1-4H3/t22-,36-,39+,40+,41-/m0/s1. The number of benzene rings is 4.